The second-order valence-corrected chi connectivity index (χ2v) is 18.0. The van der Waals surface area contributed by atoms with Crippen molar-refractivity contribution in [2.75, 3.05) is 29.3 Å². The molecule has 0 aromatic heterocycles. The molecule has 0 bridgehead atoms. The average Bonchev–Trinajstić information content (AvgIpc) is 3.86. The van der Waals surface area contributed by atoms with Crippen LogP contribution in [0.1, 0.15) is 82.5 Å². The van der Waals surface area contributed by atoms with E-state index in [0.717, 1.165) is 22.5 Å². The predicted molar refractivity (Wildman–Crippen MR) is 270 cm³/mol. The van der Waals surface area contributed by atoms with E-state index in [0.29, 0.717) is 88.0 Å². The summed E-state index contributed by atoms with van der Waals surface area (Å²) < 4.78 is 24.3. The van der Waals surface area contributed by atoms with Crippen molar-refractivity contribution in [2.45, 2.75) is 89.8 Å². The summed E-state index contributed by atoms with van der Waals surface area (Å²) in [6.45, 7) is 2.97. The summed E-state index contributed by atoms with van der Waals surface area (Å²) in [6.07, 6.45) is 5.99. The summed E-state index contributed by atoms with van der Waals surface area (Å²) >= 11 is 0. The number of carbonyl (C=O) groups is 6. The Morgan fingerprint density at radius 1 is 0.639 bits per heavy atom. The number of nitrogens with one attached hydrogen (secondary N) is 3. The number of anilines is 3. The maximum Gasteiger partial charge on any atom is 0.261 e. The van der Waals surface area contributed by atoms with Crippen molar-refractivity contribution in [1.82, 2.24) is 10.6 Å². The molecule has 18 heteroatoms. The quantitative estimate of drug-likeness (QED) is 0.0703. The molecule has 5 aromatic rings. The van der Waals surface area contributed by atoms with Crippen molar-refractivity contribution in [3.05, 3.63) is 124 Å². The molecule has 0 radical (unpaired) electrons. The van der Waals surface area contributed by atoms with Crippen LogP contribution in [-0.4, -0.2) is 86.3 Å². The van der Waals surface area contributed by atoms with E-state index in [-0.39, 0.29) is 55.9 Å². The third-order valence-electron chi connectivity index (χ3n) is 13.0. The first-order valence-electron chi connectivity index (χ1n) is 23.7. The number of ether oxygens (including phenoxy) is 4. The molecule has 4 atom stereocenters. The number of hydrogen-bond acceptors (Lipinski definition) is 12. The van der Waals surface area contributed by atoms with Crippen LogP contribution in [0.3, 0.4) is 0 Å². The SMILES string of the molecule is COc1cc2c(cc1OCc1cc(COc3cc4c(cc3OC)C(=O)N3c5ccccc5C[C@H]3C=N4)cc(NC(=O)[C@H](C)NC(=O)[C@H](C)NC(=O)CCCCC(N)=O)c1)N=C[C@@H]1Cc3ccccc3N1C2=O. The molecule has 0 spiro atoms. The van der Waals surface area contributed by atoms with E-state index in [1.807, 2.05) is 54.6 Å². The number of methoxy groups -OCH3 is 2. The monoisotopic (exact) mass is 974 g/mol. The molecule has 5 aromatic carbocycles. The third-order valence-corrected chi connectivity index (χ3v) is 13.0. The van der Waals surface area contributed by atoms with Crippen LogP contribution in [-0.2, 0) is 45.2 Å². The van der Waals surface area contributed by atoms with Crippen LogP contribution >= 0.6 is 0 Å². The lowest BCUT2D eigenvalue weighted by atomic mass is 10.1. The topological polar surface area (TPSA) is 233 Å². The largest absolute Gasteiger partial charge is 0.493 e. The molecule has 5 N–H and O–H groups in total. The lowest BCUT2D eigenvalue weighted by molar-refractivity contribution is -0.130. The summed E-state index contributed by atoms with van der Waals surface area (Å²) in [5.41, 5.74) is 12.1. The number of para-hydroxylation sites is 2. The summed E-state index contributed by atoms with van der Waals surface area (Å²) in [4.78, 5) is 91.4. The molecule has 18 nitrogen and oxygen atoms in total. The van der Waals surface area contributed by atoms with Gasteiger partial charge in [0.1, 0.15) is 25.3 Å². The highest BCUT2D eigenvalue weighted by Crippen LogP contribution is 2.43. The zero-order chi connectivity index (χ0) is 50.6. The van der Waals surface area contributed by atoms with Crippen molar-refractivity contribution in [3.63, 3.8) is 0 Å². The lowest BCUT2D eigenvalue weighted by Gasteiger charge is -2.22. The number of benzene rings is 5. The van der Waals surface area contributed by atoms with Gasteiger partial charge in [-0.25, -0.2) is 0 Å². The number of fused-ring (bicyclic) bond motifs is 8. The number of rotatable bonds is 18. The Balaban J connectivity index is 0.942. The van der Waals surface area contributed by atoms with Gasteiger partial charge in [0.2, 0.25) is 23.6 Å². The average molecular weight is 975 g/mol. The predicted octanol–water partition coefficient (Wildman–Crippen LogP) is 6.43. The second kappa shape index (κ2) is 20.8. The Labute approximate surface area is 415 Å². The summed E-state index contributed by atoms with van der Waals surface area (Å²) in [5, 5.41) is 8.16. The summed E-state index contributed by atoms with van der Waals surface area (Å²) in [6, 6.07) is 25.0. The number of carbonyl (C=O) groups excluding carboxylic acids is 6. The first-order chi connectivity index (χ1) is 34.8. The molecule has 370 valence electrons. The minimum absolute atomic E-state index is 0.0303. The third kappa shape index (κ3) is 10.2. The van der Waals surface area contributed by atoms with Gasteiger partial charge >= 0.3 is 0 Å². The van der Waals surface area contributed by atoms with Crippen LogP contribution in [0.15, 0.2) is 101 Å². The molecule has 0 unspecified atom stereocenters. The fraction of sp³-hybridized carbons (Fsp3) is 0.296. The van der Waals surface area contributed by atoms with Gasteiger partial charge in [-0.3, -0.25) is 48.6 Å². The van der Waals surface area contributed by atoms with Crippen molar-refractivity contribution in [3.8, 4) is 23.0 Å². The Hall–Kier alpha value is -8.54. The van der Waals surface area contributed by atoms with Gasteiger partial charge in [-0.2, -0.15) is 0 Å². The minimum atomic E-state index is -1.03. The Kier molecular flexibility index (Phi) is 14.0. The van der Waals surface area contributed by atoms with Crippen LogP contribution in [0.2, 0.25) is 0 Å². The highest BCUT2D eigenvalue weighted by Gasteiger charge is 2.38. The molecular weight excluding hydrogens is 921 g/mol. The molecule has 0 fully saturated rings. The highest BCUT2D eigenvalue weighted by atomic mass is 16.5. The van der Waals surface area contributed by atoms with E-state index < -0.39 is 29.8 Å². The Morgan fingerprint density at radius 2 is 1.12 bits per heavy atom. The molecule has 0 saturated heterocycles. The number of aliphatic imine (C=N–C) groups is 2. The molecule has 72 heavy (non-hydrogen) atoms. The first-order valence-corrected chi connectivity index (χ1v) is 23.7. The zero-order valence-electron chi connectivity index (χ0n) is 40.2. The molecule has 0 aliphatic carbocycles. The van der Waals surface area contributed by atoms with E-state index in [2.05, 4.69) is 16.0 Å². The van der Waals surface area contributed by atoms with Crippen LogP contribution in [0, 0.1) is 0 Å². The summed E-state index contributed by atoms with van der Waals surface area (Å²) in [7, 11) is 2.98. The second-order valence-electron chi connectivity index (χ2n) is 18.0. The molecule has 9 rings (SSSR count). The lowest BCUT2D eigenvalue weighted by Crippen LogP contribution is -2.50. The van der Waals surface area contributed by atoms with Gasteiger partial charge in [0.25, 0.3) is 11.8 Å². The highest BCUT2D eigenvalue weighted by molar-refractivity contribution is 6.16. The molecule has 4 aliphatic heterocycles. The van der Waals surface area contributed by atoms with Crippen LogP contribution in [0.25, 0.3) is 0 Å². The summed E-state index contributed by atoms with van der Waals surface area (Å²) in [5.74, 6) is -1.07. The standard InChI is InChI=1S/C54H54N8O10/c1-30(58-50(64)16-10-9-15-49(55)63)51(65)59-31(2)52(66)60-36-18-32(28-71-47-24-41-39(22-45(47)69-3)53(67)61-37(26-56-41)20-34-11-5-7-13-43(34)61)17-33(19-36)29-72-48-25-42-40(23-46(48)70-4)54(68)62-38(27-57-42)21-35-12-6-8-14-44(35)62/h5-8,11-14,17-19,22-27,30-31,37-38H,9-10,15-16,20-21,28-29H2,1-4H3,(H2,55,63)(H,58,64)(H,59,65)(H,60,66)/t30-,31-,37-,38-/m0/s1. The maximum absolute atomic E-state index is 14.1. The molecule has 4 heterocycles. The van der Waals surface area contributed by atoms with Gasteiger partial charge in [0.05, 0.1) is 48.8 Å². The van der Waals surface area contributed by atoms with Crippen LogP contribution < -0.4 is 50.4 Å². The zero-order valence-corrected chi connectivity index (χ0v) is 40.2. The van der Waals surface area contributed by atoms with Crippen LogP contribution in [0.4, 0.5) is 28.4 Å². The van der Waals surface area contributed by atoms with E-state index in [4.69, 9.17) is 34.7 Å². The first kappa shape index (κ1) is 48.5. The number of hydrogen-bond donors (Lipinski definition) is 4. The smallest absolute Gasteiger partial charge is 0.261 e. The fourth-order valence-corrected chi connectivity index (χ4v) is 9.32. The van der Waals surface area contributed by atoms with Crippen molar-refractivity contribution >= 4 is 76.3 Å². The number of primary amides is 1. The number of nitrogens with zero attached hydrogens (tertiary/aromatic N) is 4. The maximum atomic E-state index is 14.1. The van der Waals surface area contributed by atoms with Gasteiger partial charge in [-0.15, -0.1) is 0 Å². The normalized spacial score (nSPS) is 16.6. The van der Waals surface area contributed by atoms with E-state index in [1.165, 1.54) is 28.1 Å². The fourth-order valence-electron chi connectivity index (χ4n) is 9.32. The molecular formula is C54H54N8O10. The van der Waals surface area contributed by atoms with Gasteiger partial charge in [0.15, 0.2) is 23.0 Å². The number of amides is 6. The van der Waals surface area contributed by atoms with Gasteiger partial charge in [0, 0.05) is 67.3 Å². The minimum Gasteiger partial charge on any atom is -0.493 e. The molecule has 0 saturated carbocycles. The van der Waals surface area contributed by atoms with Crippen LogP contribution in [0.5, 0.6) is 23.0 Å². The molecule has 4 aliphatic rings. The Bertz CT molecular complexity index is 2900. The molecule has 6 amide bonds. The van der Waals surface area contributed by atoms with E-state index >= 15 is 0 Å². The van der Waals surface area contributed by atoms with Gasteiger partial charge in [-0.1, -0.05) is 36.4 Å². The Morgan fingerprint density at radius 3 is 1.62 bits per heavy atom. The van der Waals surface area contributed by atoms with Crippen molar-refractivity contribution in [1.29, 1.82) is 0 Å². The van der Waals surface area contributed by atoms with Crippen molar-refractivity contribution < 1.29 is 47.7 Å². The number of unbranched alkanes of at least 4 members (excludes halogenated alkanes) is 1. The van der Waals surface area contributed by atoms with Crippen molar-refractivity contribution in [2.24, 2.45) is 15.7 Å². The number of nitrogens with two attached hydrogens (primary N) is 1. The van der Waals surface area contributed by atoms with Gasteiger partial charge in [-0.05, 0) is 91.4 Å². The van der Waals surface area contributed by atoms with E-state index in [1.54, 1.807) is 58.6 Å². The van der Waals surface area contributed by atoms with Gasteiger partial charge < -0.3 is 40.6 Å². The van der Waals surface area contributed by atoms with E-state index in [9.17, 15) is 28.8 Å².